The minimum Gasteiger partial charge on any atom is -0.490 e. The van der Waals surface area contributed by atoms with Gasteiger partial charge in [-0.05, 0) is 65.2 Å². The summed E-state index contributed by atoms with van der Waals surface area (Å²) in [5, 5.41) is 5.49. The van der Waals surface area contributed by atoms with Gasteiger partial charge in [-0.1, -0.05) is 59.1 Å². The van der Waals surface area contributed by atoms with Crippen molar-refractivity contribution in [2.45, 2.75) is 27.0 Å². The molecule has 0 aliphatic rings. The van der Waals surface area contributed by atoms with Crippen molar-refractivity contribution < 1.29 is 9.47 Å². The van der Waals surface area contributed by atoms with Gasteiger partial charge < -0.3 is 14.9 Å². The van der Waals surface area contributed by atoms with Crippen LogP contribution >= 0.6 is 39.1 Å². The molecule has 162 valence electrons. The summed E-state index contributed by atoms with van der Waals surface area (Å²) in [5.41, 5.74) is 6.95. The van der Waals surface area contributed by atoms with Gasteiger partial charge in [0.2, 0.25) is 0 Å². The Morgan fingerprint density at radius 3 is 2.42 bits per heavy atom. The molecule has 0 aliphatic carbocycles. The molecule has 0 saturated carbocycles. The number of benzene rings is 3. The average molecular weight is 522 g/mol. The van der Waals surface area contributed by atoms with E-state index in [1.807, 2.05) is 25.1 Å². The van der Waals surface area contributed by atoms with Crippen LogP contribution in [0.4, 0.5) is 0 Å². The smallest absolute Gasteiger partial charge is 0.175 e. The van der Waals surface area contributed by atoms with E-state index in [9.17, 15) is 0 Å². The van der Waals surface area contributed by atoms with Crippen molar-refractivity contribution in [1.82, 2.24) is 5.43 Å². The monoisotopic (exact) mass is 520 g/mol. The highest BCUT2D eigenvalue weighted by Gasteiger charge is 2.12. The van der Waals surface area contributed by atoms with E-state index in [-0.39, 0.29) is 0 Å². The predicted molar refractivity (Wildman–Crippen MR) is 132 cm³/mol. The molecular weight excluding hydrogens is 499 g/mol. The summed E-state index contributed by atoms with van der Waals surface area (Å²) in [7, 11) is 0. The number of aryl methyl sites for hydroxylation is 1. The van der Waals surface area contributed by atoms with E-state index in [1.54, 1.807) is 18.3 Å². The Morgan fingerprint density at radius 2 is 1.74 bits per heavy atom. The molecule has 0 atom stereocenters. The summed E-state index contributed by atoms with van der Waals surface area (Å²) in [4.78, 5) is 0. The van der Waals surface area contributed by atoms with Crippen molar-refractivity contribution in [3.8, 4) is 11.5 Å². The van der Waals surface area contributed by atoms with Crippen molar-refractivity contribution in [3.63, 3.8) is 0 Å². The molecule has 0 saturated heterocycles. The Hall–Kier alpha value is -2.21. The molecule has 0 radical (unpaired) electrons. The van der Waals surface area contributed by atoms with Crippen LogP contribution in [0.1, 0.15) is 29.2 Å². The van der Waals surface area contributed by atoms with Gasteiger partial charge in [0.05, 0.1) is 23.8 Å². The molecule has 0 fully saturated rings. The number of hydrogen-bond donors (Lipinski definition) is 1. The lowest BCUT2D eigenvalue weighted by Crippen LogP contribution is -2.07. The quantitative estimate of drug-likeness (QED) is 0.240. The maximum atomic E-state index is 6.19. The predicted octanol–water partition coefficient (Wildman–Crippen LogP) is 7.17. The van der Waals surface area contributed by atoms with E-state index in [4.69, 9.17) is 32.7 Å². The zero-order valence-corrected chi connectivity index (χ0v) is 20.4. The Bertz CT molecular complexity index is 1040. The summed E-state index contributed by atoms with van der Waals surface area (Å²) in [6.45, 7) is 5.40. The van der Waals surface area contributed by atoms with E-state index in [1.165, 1.54) is 5.56 Å². The first-order chi connectivity index (χ1) is 15.0. The van der Waals surface area contributed by atoms with Gasteiger partial charge in [-0.25, -0.2) is 0 Å². The molecule has 0 amide bonds. The second-order valence-corrected chi connectivity index (χ2v) is 8.50. The number of hydrazone groups is 1. The van der Waals surface area contributed by atoms with Crippen LogP contribution < -0.4 is 14.9 Å². The minimum absolute atomic E-state index is 0.423. The Labute approximate surface area is 201 Å². The molecule has 3 rings (SSSR count). The highest BCUT2D eigenvalue weighted by Crippen LogP contribution is 2.37. The van der Waals surface area contributed by atoms with Gasteiger partial charge in [-0.2, -0.15) is 5.10 Å². The number of halogens is 3. The molecule has 4 nitrogen and oxygen atoms in total. The van der Waals surface area contributed by atoms with Crippen LogP contribution in [-0.2, 0) is 13.2 Å². The molecule has 0 aliphatic heterocycles. The molecule has 1 N–H and O–H groups in total. The number of nitrogens with zero attached hydrogens (tertiary/aromatic N) is 1. The number of hydrogen-bond acceptors (Lipinski definition) is 4. The average Bonchev–Trinajstić information content (AvgIpc) is 2.74. The largest absolute Gasteiger partial charge is 0.490 e. The van der Waals surface area contributed by atoms with Crippen LogP contribution in [0, 0.1) is 6.92 Å². The van der Waals surface area contributed by atoms with E-state index >= 15 is 0 Å². The zero-order chi connectivity index (χ0) is 22.2. The fourth-order valence-corrected chi connectivity index (χ4v) is 3.96. The third-order valence-electron chi connectivity index (χ3n) is 4.46. The van der Waals surface area contributed by atoms with Crippen LogP contribution in [0.5, 0.6) is 11.5 Å². The van der Waals surface area contributed by atoms with E-state index in [2.05, 4.69) is 57.6 Å². The third-order valence-corrected chi connectivity index (χ3v) is 5.76. The molecule has 0 aromatic heterocycles. The van der Waals surface area contributed by atoms with E-state index in [0.29, 0.717) is 41.3 Å². The number of nitrogens with one attached hydrogen (secondary N) is 1. The van der Waals surface area contributed by atoms with Crippen LogP contribution in [-0.4, -0.2) is 12.8 Å². The Kier molecular flexibility index (Phi) is 8.64. The van der Waals surface area contributed by atoms with Crippen molar-refractivity contribution in [2.24, 2.45) is 5.10 Å². The molecule has 0 bridgehead atoms. The molecule has 0 heterocycles. The lowest BCUT2D eigenvalue weighted by molar-refractivity contribution is 0.267. The fraction of sp³-hybridized carbons (Fsp3) is 0.208. The van der Waals surface area contributed by atoms with Gasteiger partial charge in [0.25, 0.3) is 0 Å². The maximum Gasteiger partial charge on any atom is 0.175 e. The summed E-state index contributed by atoms with van der Waals surface area (Å²) < 4.78 is 12.6. The van der Waals surface area contributed by atoms with Crippen LogP contribution in [0.2, 0.25) is 10.0 Å². The SMILES string of the molecule is CCOc1cc(/C=N\NCc2c(Cl)cccc2Cl)cc(Br)c1OCc1ccc(C)cc1. The third kappa shape index (κ3) is 6.63. The molecule has 3 aromatic carbocycles. The maximum absolute atomic E-state index is 6.19. The lowest BCUT2D eigenvalue weighted by Gasteiger charge is -2.15. The van der Waals surface area contributed by atoms with Gasteiger partial charge in [0, 0.05) is 15.6 Å². The molecule has 0 spiro atoms. The van der Waals surface area contributed by atoms with Gasteiger partial charge in [0.15, 0.2) is 11.5 Å². The first-order valence-electron chi connectivity index (χ1n) is 9.81. The first kappa shape index (κ1) is 23.5. The fourth-order valence-electron chi connectivity index (χ4n) is 2.85. The van der Waals surface area contributed by atoms with Crippen LogP contribution in [0.25, 0.3) is 0 Å². The van der Waals surface area contributed by atoms with Crippen molar-refractivity contribution in [3.05, 3.63) is 91.4 Å². The van der Waals surface area contributed by atoms with Crippen LogP contribution in [0.15, 0.2) is 64.2 Å². The summed E-state index contributed by atoms with van der Waals surface area (Å²) in [5.74, 6) is 1.31. The van der Waals surface area contributed by atoms with Gasteiger partial charge in [-0.15, -0.1) is 0 Å². The van der Waals surface area contributed by atoms with E-state index < -0.39 is 0 Å². The van der Waals surface area contributed by atoms with Gasteiger partial charge >= 0.3 is 0 Å². The van der Waals surface area contributed by atoms with Gasteiger partial charge in [0.1, 0.15) is 6.61 Å². The molecule has 31 heavy (non-hydrogen) atoms. The minimum atomic E-state index is 0.423. The van der Waals surface area contributed by atoms with Crippen LogP contribution in [0.3, 0.4) is 0 Å². The van der Waals surface area contributed by atoms with Crippen molar-refractivity contribution in [1.29, 1.82) is 0 Å². The lowest BCUT2D eigenvalue weighted by atomic mass is 10.1. The molecule has 0 unspecified atom stereocenters. The summed E-state index contributed by atoms with van der Waals surface area (Å²) in [6.07, 6.45) is 1.71. The molecular formula is C24H23BrCl2N2O2. The second kappa shape index (κ2) is 11.4. The second-order valence-electron chi connectivity index (χ2n) is 6.83. The normalized spacial score (nSPS) is 11.0. The number of rotatable bonds is 9. The first-order valence-corrected chi connectivity index (χ1v) is 11.4. The van der Waals surface area contributed by atoms with Crippen molar-refractivity contribution >= 4 is 45.3 Å². The molecule has 7 heteroatoms. The van der Waals surface area contributed by atoms with E-state index in [0.717, 1.165) is 21.2 Å². The summed E-state index contributed by atoms with van der Waals surface area (Å²) >= 11 is 16.0. The summed E-state index contributed by atoms with van der Waals surface area (Å²) in [6, 6.07) is 17.5. The number of ether oxygens (including phenoxy) is 2. The van der Waals surface area contributed by atoms with Gasteiger partial charge in [-0.3, -0.25) is 0 Å². The highest BCUT2D eigenvalue weighted by atomic mass is 79.9. The zero-order valence-electron chi connectivity index (χ0n) is 17.3. The Balaban J connectivity index is 1.70. The topological polar surface area (TPSA) is 42.8 Å². The highest BCUT2D eigenvalue weighted by molar-refractivity contribution is 9.10. The Morgan fingerprint density at radius 1 is 1.03 bits per heavy atom. The standard InChI is InChI=1S/C24H23BrCl2N2O2/c1-3-30-23-12-18(13-28-29-14-19-21(26)5-4-6-22(19)27)11-20(25)24(23)31-15-17-9-7-16(2)8-10-17/h4-13,29H,3,14-15H2,1-2H3/b28-13-. The molecule has 3 aromatic rings. The van der Waals surface area contributed by atoms with Crippen molar-refractivity contribution in [2.75, 3.05) is 6.61 Å².